The Kier molecular flexibility index (Phi) is 7.01. The lowest BCUT2D eigenvalue weighted by Gasteiger charge is -2.10. The van der Waals surface area contributed by atoms with Gasteiger partial charge in [-0.3, -0.25) is 19.4 Å². The van der Waals surface area contributed by atoms with E-state index in [1.807, 2.05) is 42.9 Å². The van der Waals surface area contributed by atoms with Crippen molar-refractivity contribution in [2.24, 2.45) is 0 Å². The number of hydrogen-bond donors (Lipinski definition) is 1. The SMILES string of the molecule is CC.CCC(C)c1ccc(Cn2ncc3cc(Oc4nc5cnccc5c(=O)[nH]4)ccc32)cc1. The van der Waals surface area contributed by atoms with Crippen LogP contribution in [-0.4, -0.2) is 24.7 Å². The van der Waals surface area contributed by atoms with E-state index in [-0.39, 0.29) is 11.6 Å². The lowest BCUT2D eigenvalue weighted by molar-refractivity contribution is 0.443. The van der Waals surface area contributed by atoms with E-state index >= 15 is 0 Å². The fourth-order valence-electron chi connectivity index (χ4n) is 3.74. The third kappa shape index (κ3) is 4.83. The summed E-state index contributed by atoms with van der Waals surface area (Å²) < 4.78 is 7.79. The van der Waals surface area contributed by atoms with Crippen molar-refractivity contribution in [1.29, 1.82) is 0 Å². The Morgan fingerprint density at radius 3 is 2.62 bits per heavy atom. The summed E-state index contributed by atoms with van der Waals surface area (Å²) in [6.45, 7) is 9.14. The fourth-order valence-corrected chi connectivity index (χ4v) is 3.74. The first kappa shape index (κ1) is 23.2. The number of rotatable bonds is 6. The van der Waals surface area contributed by atoms with Crippen LogP contribution in [0.25, 0.3) is 21.8 Å². The molecule has 7 nitrogen and oxygen atoms in total. The van der Waals surface area contributed by atoms with Crippen molar-refractivity contribution in [1.82, 2.24) is 24.7 Å². The van der Waals surface area contributed by atoms with Gasteiger partial charge >= 0.3 is 6.01 Å². The molecule has 0 aliphatic carbocycles. The van der Waals surface area contributed by atoms with Crippen LogP contribution in [0.15, 0.2) is 71.9 Å². The highest BCUT2D eigenvalue weighted by atomic mass is 16.5. The summed E-state index contributed by atoms with van der Waals surface area (Å²) in [6.07, 6.45) is 6.05. The number of hydrogen-bond acceptors (Lipinski definition) is 5. The first-order valence-corrected chi connectivity index (χ1v) is 11.7. The predicted molar refractivity (Wildman–Crippen MR) is 136 cm³/mol. The van der Waals surface area contributed by atoms with Crippen LogP contribution in [-0.2, 0) is 6.54 Å². The Hall–Kier alpha value is -4.00. The van der Waals surface area contributed by atoms with E-state index < -0.39 is 0 Å². The molecule has 0 bridgehead atoms. The van der Waals surface area contributed by atoms with E-state index in [0.29, 0.717) is 29.1 Å². The Bertz CT molecular complexity index is 1450. The number of nitrogens with one attached hydrogen (secondary N) is 1. The molecule has 34 heavy (non-hydrogen) atoms. The lowest BCUT2D eigenvalue weighted by atomic mass is 9.98. The maximum Gasteiger partial charge on any atom is 0.302 e. The van der Waals surface area contributed by atoms with Gasteiger partial charge in [0.05, 0.1) is 35.4 Å². The molecule has 0 saturated carbocycles. The molecule has 0 spiro atoms. The molecule has 0 aliphatic rings. The van der Waals surface area contributed by atoms with E-state index in [4.69, 9.17) is 4.74 Å². The molecule has 3 aromatic heterocycles. The Balaban J connectivity index is 0.00000133. The second-order valence-electron chi connectivity index (χ2n) is 7.94. The highest BCUT2D eigenvalue weighted by molar-refractivity contribution is 5.80. The fraction of sp³-hybridized carbons (Fsp3) is 0.259. The van der Waals surface area contributed by atoms with Gasteiger partial charge in [0.25, 0.3) is 5.56 Å². The third-order valence-corrected chi connectivity index (χ3v) is 5.81. The van der Waals surface area contributed by atoms with Gasteiger partial charge in [0.2, 0.25) is 0 Å². The highest BCUT2D eigenvalue weighted by Gasteiger charge is 2.09. The van der Waals surface area contributed by atoms with Crippen LogP contribution >= 0.6 is 0 Å². The van der Waals surface area contributed by atoms with Crippen molar-refractivity contribution in [3.8, 4) is 11.8 Å². The molecule has 0 amide bonds. The number of ether oxygens (including phenoxy) is 1. The minimum Gasteiger partial charge on any atom is -0.426 e. The van der Waals surface area contributed by atoms with Crippen LogP contribution < -0.4 is 10.3 Å². The van der Waals surface area contributed by atoms with Gasteiger partial charge in [0.1, 0.15) is 5.75 Å². The van der Waals surface area contributed by atoms with E-state index in [2.05, 4.69) is 58.2 Å². The van der Waals surface area contributed by atoms with Crippen molar-refractivity contribution in [2.45, 2.75) is 46.6 Å². The van der Waals surface area contributed by atoms with Gasteiger partial charge in [-0.05, 0) is 47.7 Å². The summed E-state index contributed by atoms with van der Waals surface area (Å²) in [7, 11) is 0. The van der Waals surface area contributed by atoms with Crippen LogP contribution in [0, 0.1) is 0 Å². The Morgan fingerprint density at radius 1 is 1.06 bits per heavy atom. The van der Waals surface area contributed by atoms with Gasteiger partial charge in [0.15, 0.2) is 0 Å². The maximum atomic E-state index is 12.2. The second-order valence-corrected chi connectivity index (χ2v) is 7.94. The monoisotopic (exact) mass is 455 g/mol. The molecule has 0 fully saturated rings. The van der Waals surface area contributed by atoms with Crippen LogP contribution in [0.3, 0.4) is 0 Å². The van der Waals surface area contributed by atoms with E-state index in [1.165, 1.54) is 11.1 Å². The molecule has 0 radical (unpaired) electrons. The molecule has 5 aromatic rings. The summed E-state index contributed by atoms with van der Waals surface area (Å²) in [5.74, 6) is 1.14. The number of benzene rings is 2. The standard InChI is InChI=1S/C25H23N5O2.C2H6/c1-3-16(2)18-6-4-17(5-7-18)15-30-23-9-8-20(12-19(23)13-27-30)32-25-28-22-14-26-11-10-21(22)24(31)29-25;1-2/h4-14,16H,3,15H2,1-2H3,(H,28,29,31);1-2H3. The molecule has 5 rings (SSSR count). The lowest BCUT2D eigenvalue weighted by Crippen LogP contribution is -2.09. The molecule has 1 atom stereocenters. The van der Waals surface area contributed by atoms with E-state index in [1.54, 1.807) is 18.5 Å². The summed E-state index contributed by atoms with van der Waals surface area (Å²) >= 11 is 0. The Morgan fingerprint density at radius 2 is 1.85 bits per heavy atom. The minimum atomic E-state index is -0.263. The zero-order chi connectivity index (χ0) is 24.1. The quantitative estimate of drug-likeness (QED) is 0.337. The first-order valence-electron chi connectivity index (χ1n) is 11.7. The number of nitrogens with zero attached hydrogens (tertiary/aromatic N) is 4. The molecule has 0 aliphatic heterocycles. The minimum absolute atomic E-state index is 0.128. The molecular weight excluding hydrogens is 426 g/mol. The van der Waals surface area contributed by atoms with Crippen LogP contribution in [0.5, 0.6) is 11.8 Å². The highest BCUT2D eigenvalue weighted by Crippen LogP contribution is 2.25. The zero-order valence-corrected chi connectivity index (χ0v) is 19.9. The normalized spacial score (nSPS) is 11.8. The molecule has 174 valence electrons. The molecule has 1 unspecified atom stereocenters. The van der Waals surface area contributed by atoms with Gasteiger partial charge in [-0.1, -0.05) is 52.0 Å². The molecule has 3 heterocycles. The van der Waals surface area contributed by atoms with Crippen LogP contribution in [0.4, 0.5) is 0 Å². The van der Waals surface area contributed by atoms with Gasteiger partial charge < -0.3 is 4.74 Å². The van der Waals surface area contributed by atoms with Gasteiger partial charge in [0, 0.05) is 11.6 Å². The van der Waals surface area contributed by atoms with E-state index in [0.717, 1.165) is 17.3 Å². The topological polar surface area (TPSA) is 85.7 Å². The van der Waals surface area contributed by atoms with E-state index in [9.17, 15) is 4.79 Å². The van der Waals surface area contributed by atoms with Crippen molar-refractivity contribution in [2.75, 3.05) is 0 Å². The van der Waals surface area contributed by atoms with Crippen LogP contribution in [0.1, 0.15) is 51.2 Å². The van der Waals surface area contributed by atoms with Gasteiger partial charge in [-0.2, -0.15) is 10.1 Å². The summed E-state index contributed by atoms with van der Waals surface area (Å²) in [5.41, 5.74) is 3.79. The second kappa shape index (κ2) is 10.3. The molecule has 1 N–H and O–H groups in total. The zero-order valence-electron chi connectivity index (χ0n) is 19.9. The smallest absolute Gasteiger partial charge is 0.302 e. The van der Waals surface area contributed by atoms with Gasteiger partial charge in [-0.15, -0.1) is 0 Å². The Labute approximate surface area is 198 Å². The van der Waals surface area contributed by atoms with Gasteiger partial charge in [-0.25, -0.2) is 0 Å². The number of aromatic amines is 1. The van der Waals surface area contributed by atoms with Crippen molar-refractivity contribution >= 4 is 21.8 Å². The number of pyridine rings is 1. The maximum absolute atomic E-state index is 12.2. The molecule has 0 saturated heterocycles. The average molecular weight is 456 g/mol. The summed E-state index contributed by atoms with van der Waals surface area (Å²) in [6, 6.07) is 16.2. The molecular formula is C27H29N5O2. The number of aromatic nitrogens is 5. The van der Waals surface area contributed by atoms with Crippen LogP contribution in [0.2, 0.25) is 0 Å². The van der Waals surface area contributed by atoms with Crippen molar-refractivity contribution < 1.29 is 4.74 Å². The number of H-pyrrole nitrogens is 1. The van der Waals surface area contributed by atoms with Crippen molar-refractivity contribution in [3.63, 3.8) is 0 Å². The third-order valence-electron chi connectivity index (χ3n) is 5.81. The first-order chi connectivity index (χ1) is 16.6. The van der Waals surface area contributed by atoms with Crippen molar-refractivity contribution in [3.05, 3.63) is 88.6 Å². The summed E-state index contributed by atoms with van der Waals surface area (Å²) in [5, 5.41) is 5.97. The average Bonchev–Trinajstić information content (AvgIpc) is 3.27. The largest absolute Gasteiger partial charge is 0.426 e. The molecule has 2 aromatic carbocycles. The molecule has 7 heteroatoms. The summed E-state index contributed by atoms with van der Waals surface area (Å²) in [4.78, 5) is 23.3. The number of fused-ring (bicyclic) bond motifs is 2. The predicted octanol–water partition coefficient (Wildman–Crippen LogP) is 6.05.